The lowest BCUT2D eigenvalue weighted by Gasteiger charge is -2.18. The van der Waals surface area contributed by atoms with Crippen molar-refractivity contribution in [1.82, 2.24) is 0 Å². The van der Waals surface area contributed by atoms with Crippen molar-refractivity contribution in [2.75, 3.05) is 10.6 Å². The van der Waals surface area contributed by atoms with Crippen molar-refractivity contribution in [3.05, 3.63) is 100 Å². The molecule has 0 fully saturated rings. The zero-order chi connectivity index (χ0) is 22.0. The first-order valence-electron chi connectivity index (χ1n) is 9.53. The molecular formula is C24H19N3O3S. The van der Waals surface area contributed by atoms with Crippen molar-refractivity contribution < 1.29 is 14.4 Å². The second-order valence-corrected chi connectivity index (χ2v) is 8.10. The fourth-order valence-electron chi connectivity index (χ4n) is 3.13. The first-order valence-corrected chi connectivity index (χ1v) is 10.3. The Morgan fingerprint density at radius 1 is 0.774 bits per heavy atom. The van der Waals surface area contributed by atoms with Crippen LogP contribution in [0.2, 0.25) is 0 Å². The molecule has 6 nitrogen and oxygen atoms in total. The van der Waals surface area contributed by atoms with Gasteiger partial charge in [0.25, 0.3) is 0 Å². The number of thioether (sulfide) groups is 1. The number of allylic oxidation sites excluding steroid dienone is 2. The summed E-state index contributed by atoms with van der Waals surface area (Å²) in [5.41, 5.74) is 9.00. The maximum atomic E-state index is 12.8. The Bertz CT molecular complexity index is 1220. The molecule has 4 N–H and O–H groups in total. The molecule has 0 saturated heterocycles. The molecule has 0 heterocycles. The van der Waals surface area contributed by atoms with E-state index in [9.17, 15) is 14.4 Å². The van der Waals surface area contributed by atoms with E-state index in [1.54, 1.807) is 48.5 Å². The number of rotatable bonds is 4. The number of benzene rings is 3. The van der Waals surface area contributed by atoms with E-state index in [-0.39, 0.29) is 28.2 Å². The Morgan fingerprint density at radius 3 is 1.87 bits per heavy atom. The number of urea groups is 1. The number of carbonyl (C=O) groups is 3. The first-order chi connectivity index (χ1) is 14.9. The van der Waals surface area contributed by atoms with Crippen molar-refractivity contribution in [3.8, 4) is 0 Å². The van der Waals surface area contributed by atoms with Crippen LogP contribution < -0.4 is 16.4 Å². The molecule has 1 aliphatic rings. The molecular weight excluding hydrogens is 410 g/mol. The van der Waals surface area contributed by atoms with E-state index in [0.29, 0.717) is 22.5 Å². The molecule has 0 atom stereocenters. The van der Waals surface area contributed by atoms with Crippen LogP contribution in [0.1, 0.15) is 26.3 Å². The van der Waals surface area contributed by atoms with Gasteiger partial charge in [0.05, 0.1) is 10.6 Å². The number of carbonyl (C=O) groups excluding carboxylic acids is 3. The number of nitrogens with one attached hydrogen (secondary N) is 2. The normalized spacial score (nSPS) is 13.1. The minimum atomic E-state index is -0.360. The number of Topliss-reactive ketones (excluding diaryl/α,β-unsaturated/α-hetero) is 2. The molecule has 4 rings (SSSR count). The van der Waals surface area contributed by atoms with Crippen LogP contribution in [-0.4, -0.2) is 17.6 Å². The Morgan fingerprint density at radius 2 is 1.29 bits per heavy atom. The van der Waals surface area contributed by atoms with E-state index in [0.717, 1.165) is 22.2 Å². The molecule has 7 heteroatoms. The van der Waals surface area contributed by atoms with Gasteiger partial charge in [0.1, 0.15) is 0 Å². The average Bonchev–Trinajstić information content (AvgIpc) is 2.78. The molecule has 154 valence electrons. The predicted octanol–water partition coefficient (Wildman–Crippen LogP) is 4.98. The van der Waals surface area contributed by atoms with Gasteiger partial charge in [-0.05, 0) is 43.3 Å². The molecule has 0 unspecified atom stereocenters. The van der Waals surface area contributed by atoms with Gasteiger partial charge in [0.15, 0.2) is 0 Å². The Balaban J connectivity index is 1.44. The largest absolute Gasteiger partial charge is 0.395 e. The van der Waals surface area contributed by atoms with Crippen molar-refractivity contribution >= 4 is 40.7 Å². The molecule has 2 amide bonds. The van der Waals surface area contributed by atoms with E-state index in [2.05, 4.69) is 10.6 Å². The molecule has 3 aromatic carbocycles. The zero-order valence-electron chi connectivity index (χ0n) is 16.6. The monoisotopic (exact) mass is 429 g/mol. The predicted molar refractivity (Wildman–Crippen MR) is 122 cm³/mol. The maximum absolute atomic E-state index is 12.8. The fourth-order valence-corrected chi connectivity index (χ4v) is 4.04. The summed E-state index contributed by atoms with van der Waals surface area (Å²) in [7, 11) is 0. The SMILES string of the molecule is Cc1ccc(NC(=O)Nc2ccc(SC3=C(N)C(=O)c4ccccc4C3=O)cc2)cc1. The van der Waals surface area contributed by atoms with E-state index >= 15 is 0 Å². The topological polar surface area (TPSA) is 101 Å². The maximum Gasteiger partial charge on any atom is 0.323 e. The number of nitrogens with two attached hydrogens (primary N) is 1. The number of hydrogen-bond acceptors (Lipinski definition) is 5. The molecule has 0 spiro atoms. The lowest BCUT2D eigenvalue weighted by atomic mass is 9.93. The minimum Gasteiger partial charge on any atom is -0.395 e. The van der Waals surface area contributed by atoms with Crippen molar-refractivity contribution in [1.29, 1.82) is 0 Å². The highest BCUT2D eigenvalue weighted by atomic mass is 32.2. The van der Waals surface area contributed by atoms with E-state index < -0.39 is 0 Å². The third-order valence-electron chi connectivity index (χ3n) is 4.75. The molecule has 1 aliphatic carbocycles. The van der Waals surface area contributed by atoms with Gasteiger partial charge in [0, 0.05) is 27.4 Å². The number of ketones is 2. The van der Waals surface area contributed by atoms with Gasteiger partial charge < -0.3 is 16.4 Å². The second-order valence-electron chi connectivity index (χ2n) is 7.02. The second kappa shape index (κ2) is 8.49. The van der Waals surface area contributed by atoms with Crippen LogP contribution in [0.5, 0.6) is 0 Å². The number of hydrogen-bond donors (Lipinski definition) is 3. The number of amides is 2. The lowest BCUT2D eigenvalue weighted by molar-refractivity contribution is 0.0980. The number of aryl methyl sites for hydroxylation is 1. The molecule has 31 heavy (non-hydrogen) atoms. The average molecular weight is 430 g/mol. The smallest absolute Gasteiger partial charge is 0.323 e. The highest BCUT2D eigenvalue weighted by Crippen LogP contribution is 2.35. The van der Waals surface area contributed by atoms with Crippen LogP contribution in [0.3, 0.4) is 0 Å². The summed E-state index contributed by atoms with van der Waals surface area (Å²) in [4.78, 5) is 38.4. The molecule has 0 aromatic heterocycles. The number of fused-ring (bicyclic) bond motifs is 1. The molecule has 0 saturated carbocycles. The van der Waals surface area contributed by atoms with Crippen LogP contribution in [0.15, 0.2) is 88.3 Å². The van der Waals surface area contributed by atoms with Crippen molar-refractivity contribution in [2.45, 2.75) is 11.8 Å². The van der Waals surface area contributed by atoms with Crippen molar-refractivity contribution in [2.24, 2.45) is 5.73 Å². The summed E-state index contributed by atoms with van der Waals surface area (Å²) < 4.78 is 0. The number of anilines is 2. The third-order valence-corrected chi connectivity index (χ3v) is 5.87. The highest BCUT2D eigenvalue weighted by molar-refractivity contribution is 8.04. The highest BCUT2D eigenvalue weighted by Gasteiger charge is 2.31. The fraction of sp³-hybridized carbons (Fsp3) is 0.0417. The molecule has 0 aliphatic heterocycles. The van der Waals surface area contributed by atoms with Crippen LogP contribution >= 0.6 is 11.8 Å². The van der Waals surface area contributed by atoms with Crippen molar-refractivity contribution in [3.63, 3.8) is 0 Å². The van der Waals surface area contributed by atoms with E-state index in [1.165, 1.54) is 0 Å². The van der Waals surface area contributed by atoms with E-state index in [1.807, 2.05) is 31.2 Å². The lowest BCUT2D eigenvalue weighted by Crippen LogP contribution is -2.25. The summed E-state index contributed by atoms with van der Waals surface area (Å²) in [6.45, 7) is 1.97. The molecule has 0 radical (unpaired) electrons. The van der Waals surface area contributed by atoms with Crippen LogP contribution in [0, 0.1) is 6.92 Å². The van der Waals surface area contributed by atoms with Gasteiger partial charge in [-0.15, -0.1) is 0 Å². The van der Waals surface area contributed by atoms with Gasteiger partial charge in [0.2, 0.25) is 11.6 Å². The van der Waals surface area contributed by atoms with Gasteiger partial charge in [-0.2, -0.15) is 0 Å². The van der Waals surface area contributed by atoms with Gasteiger partial charge in [-0.1, -0.05) is 53.7 Å². The first kappa shape index (κ1) is 20.4. The van der Waals surface area contributed by atoms with Crippen LogP contribution in [0.25, 0.3) is 0 Å². The van der Waals surface area contributed by atoms with Crippen LogP contribution in [-0.2, 0) is 0 Å². The Kier molecular flexibility index (Phi) is 5.60. The summed E-state index contributed by atoms with van der Waals surface area (Å²) in [6.07, 6.45) is 0. The zero-order valence-corrected chi connectivity index (χ0v) is 17.5. The van der Waals surface area contributed by atoms with Gasteiger partial charge >= 0.3 is 6.03 Å². The minimum absolute atomic E-state index is 0.0478. The summed E-state index contributed by atoms with van der Waals surface area (Å²) in [5.74, 6) is -0.610. The van der Waals surface area contributed by atoms with Gasteiger partial charge in [-0.25, -0.2) is 4.79 Å². The summed E-state index contributed by atoms with van der Waals surface area (Å²) >= 11 is 1.14. The summed E-state index contributed by atoms with van der Waals surface area (Å²) in [6, 6.07) is 20.7. The quantitative estimate of drug-likeness (QED) is 0.543. The van der Waals surface area contributed by atoms with Gasteiger partial charge in [-0.3, -0.25) is 9.59 Å². The van der Waals surface area contributed by atoms with E-state index in [4.69, 9.17) is 5.73 Å². The molecule has 3 aromatic rings. The summed E-state index contributed by atoms with van der Waals surface area (Å²) in [5, 5.41) is 5.52. The standard InChI is InChI=1S/C24H19N3O3S/c1-14-6-8-15(9-7-14)26-24(30)27-16-10-12-17(13-11-16)31-23-20(25)21(28)18-4-2-3-5-19(18)22(23)29/h2-13H,25H2,1H3,(H2,26,27,30). The Hall–Kier alpha value is -3.84. The molecule has 0 bridgehead atoms. The van der Waals surface area contributed by atoms with Crippen LogP contribution in [0.4, 0.5) is 16.2 Å². The Labute approximate surface area is 183 Å². The third kappa shape index (κ3) is 4.36.